The normalized spacial score (nSPS) is 21.5. The number of rotatable bonds is 4. The van der Waals surface area contributed by atoms with E-state index in [9.17, 15) is 0 Å². The van der Waals surface area contributed by atoms with Gasteiger partial charge in [-0.15, -0.1) is 0 Å². The Morgan fingerprint density at radius 1 is 0.625 bits per heavy atom. The molecule has 3 heteroatoms. The van der Waals surface area contributed by atoms with Crippen molar-refractivity contribution >= 4 is 17.1 Å². The molecule has 4 rings (SSSR count). The van der Waals surface area contributed by atoms with Gasteiger partial charge in [-0.3, -0.25) is 0 Å². The largest absolute Gasteiger partial charge is 0.371 e. The quantitative estimate of drug-likeness (QED) is 0.799. The summed E-state index contributed by atoms with van der Waals surface area (Å²) in [5.41, 5.74) is 6.14. The summed E-state index contributed by atoms with van der Waals surface area (Å²) in [6.07, 6.45) is 8.11. The zero-order valence-corrected chi connectivity index (χ0v) is 15.6. The highest BCUT2D eigenvalue weighted by Crippen LogP contribution is 2.42. The van der Waals surface area contributed by atoms with Crippen molar-refractivity contribution in [2.45, 2.75) is 58.3 Å². The highest BCUT2D eigenvalue weighted by molar-refractivity contribution is 5.77. The molecule has 0 saturated carbocycles. The molecule has 0 bridgehead atoms. The number of hydrogen-bond acceptors (Lipinski definition) is 3. The van der Waals surface area contributed by atoms with Gasteiger partial charge in [-0.2, -0.15) is 0 Å². The minimum atomic E-state index is 0.587. The molecule has 0 atom stereocenters. The molecule has 0 aliphatic carbocycles. The molecule has 3 heterocycles. The third-order valence-electron chi connectivity index (χ3n) is 6.06. The van der Waals surface area contributed by atoms with Crippen molar-refractivity contribution in [1.29, 1.82) is 0 Å². The Balaban J connectivity index is 1.81. The van der Waals surface area contributed by atoms with Crippen LogP contribution in [0.25, 0.3) is 0 Å². The molecule has 3 aliphatic rings. The molecule has 132 valence electrons. The van der Waals surface area contributed by atoms with E-state index < -0.39 is 0 Å². The van der Waals surface area contributed by atoms with Crippen LogP contribution in [0.4, 0.5) is 17.1 Å². The van der Waals surface area contributed by atoms with E-state index in [1.807, 2.05) is 0 Å². The highest BCUT2D eigenvalue weighted by Gasteiger charge is 2.26. The molecule has 3 nitrogen and oxygen atoms in total. The molecule has 0 aromatic heterocycles. The lowest BCUT2D eigenvalue weighted by molar-refractivity contribution is 0.826. The summed E-state index contributed by atoms with van der Waals surface area (Å²) in [4.78, 5) is 7.94. The monoisotopic (exact) mass is 327 g/mol. The first-order valence-electron chi connectivity index (χ1n) is 10.2. The minimum absolute atomic E-state index is 0.587. The second-order valence-corrected chi connectivity index (χ2v) is 8.13. The van der Waals surface area contributed by atoms with Crippen LogP contribution >= 0.6 is 0 Å². The van der Waals surface area contributed by atoms with Gasteiger partial charge >= 0.3 is 0 Å². The van der Waals surface area contributed by atoms with Crippen molar-refractivity contribution in [1.82, 2.24) is 0 Å². The van der Waals surface area contributed by atoms with E-state index in [4.69, 9.17) is 0 Å². The number of benzene rings is 1. The highest BCUT2D eigenvalue weighted by atomic mass is 15.2. The summed E-state index contributed by atoms with van der Waals surface area (Å²) in [5, 5.41) is 0. The van der Waals surface area contributed by atoms with Crippen LogP contribution in [0.3, 0.4) is 0 Å². The van der Waals surface area contributed by atoms with E-state index >= 15 is 0 Å². The molecule has 0 spiro atoms. The van der Waals surface area contributed by atoms with Crippen LogP contribution in [0, 0.1) is 0 Å². The Labute approximate surface area is 147 Å². The van der Waals surface area contributed by atoms with Gasteiger partial charge in [-0.25, -0.2) is 0 Å². The summed E-state index contributed by atoms with van der Waals surface area (Å²) >= 11 is 0. The maximum Gasteiger partial charge on any atom is 0.0443 e. The van der Waals surface area contributed by atoms with E-state index in [1.54, 1.807) is 5.56 Å². The molecule has 3 fully saturated rings. The van der Waals surface area contributed by atoms with E-state index in [2.05, 4.69) is 40.7 Å². The molecule has 1 aromatic rings. The van der Waals surface area contributed by atoms with Crippen molar-refractivity contribution in [2.75, 3.05) is 54.0 Å². The molecule has 3 saturated heterocycles. The SMILES string of the molecule is CC(C)c1c(N2CCCC2)cc(N2CCCC2)cc1N1CCCC1. The fraction of sp³-hybridized carbons (Fsp3) is 0.714. The Kier molecular flexibility index (Phi) is 4.60. The van der Waals surface area contributed by atoms with Gasteiger partial charge in [0.2, 0.25) is 0 Å². The van der Waals surface area contributed by atoms with Crippen LogP contribution in [0.15, 0.2) is 12.1 Å². The maximum absolute atomic E-state index is 2.66. The molecule has 0 unspecified atom stereocenters. The van der Waals surface area contributed by atoms with E-state index in [1.165, 1.54) is 94.9 Å². The van der Waals surface area contributed by atoms with Gasteiger partial charge in [0.25, 0.3) is 0 Å². The first kappa shape index (κ1) is 16.1. The van der Waals surface area contributed by atoms with Gasteiger partial charge in [0, 0.05) is 61.9 Å². The van der Waals surface area contributed by atoms with E-state index in [-0.39, 0.29) is 0 Å². The smallest absolute Gasteiger partial charge is 0.0443 e. The molecular formula is C21H33N3. The topological polar surface area (TPSA) is 9.72 Å². The van der Waals surface area contributed by atoms with Gasteiger partial charge in [0.05, 0.1) is 0 Å². The van der Waals surface area contributed by atoms with Gasteiger partial charge in [-0.1, -0.05) is 13.8 Å². The van der Waals surface area contributed by atoms with Crippen molar-refractivity contribution in [2.24, 2.45) is 0 Å². The molecule has 3 aliphatic heterocycles. The van der Waals surface area contributed by atoms with Crippen LogP contribution in [-0.2, 0) is 0 Å². The van der Waals surface area contributed by atoms with Gasteiger partial charge in [0.15, 0.2) is 0 Å². The Bertz CT molecular complexity index is 525. The van der Waals surface area contributed by atoms with Crippen LogP contribution in [0.5, 0.6) is 0 Å². The molecular weight excluding hydrogens is 294 g/mol. The van der Waals surface area contributed by atoms with Crippen molar-refractivity contribution in [3.05, 3.63) is 17.7 Å². The summed E-state index contributed by atoms with van der Waals surface area (Å²) in [6, 6.07) is 5.04. The first-order valence-corrected chi connectivity index (χ1v) is 10.2. The van der Waals surface area contributed by atoms with Crippen LogP contribution < -0.4 is 14.7 Å². The second-order valence-electron chi connectivity index (χ2n) is 8.13. The minimum Gasteiger partial charge on any atom is -0.371 e. The van der Waals surface area contributed by atoms with Crippen molar-refractivity contribution in [3.8, 4) is 0 Å². The van der Waals surface area contributed by atoms with E-state index in [0.717, 1.165) is 0 Å². The van der Waals surface area contributed by atoms with Crippen LogP contribution in [0.2, 0.25) is 0 Å². The van der Waals surface area contributed by atoms with Crippen LogP contribution in [0.1, 0.15) is 63.9 Å². The standard InChI is InChI=1S/C21H33N3/c1-17(2)21-19(23-11-5-6-12-23)15-18(22-9-3-4-10-22)16-20(21)24-13-7-8-14-24/h15-17H,3-14H2,1-2H3. The number of anilines is 3. The van der Waals surface area contributed by atoms with Gasteiger partial charge in [-0.05, 0) is 56.6 Å². The number of nitrogens with zero attached hydrogens (tertiary/aromatic N) is 3. The fourth-order valence-electron chi connectivity index (χ4n) is 4.80. The maximum atomic E-state index is 2.66. The molecule has 0 N–H and O–H groups in total. The van der Waals surface area contributed by atoms with E-state index in [0.29, 0.717) is 5.92 Å². The zero-order chi connectivity index (χ0) is 16.5. The summed E-state index contributed by atoms with van der Waals surface area (Å²) < 4.78 is 0. The average Bonchev–Trinajstić information content (AvgIpc) is 3.37. The summed E-state index contributed by atoms with van der Waals surface area (Å²) in [5.74, 6) is 0.587. The van der Waals surface area contributed by atoms with Crippen LogP contribution in [-0.4, -0.2) is 39.3 Å². The summed E-state index contributed by atoms with van der Waals surface area (Å²) in [6.45, 7) is 12.2. The lowest BCUT2D eigenvalue weighted by Crippen LogP contribution is -2.26. The predicted octanol–water partition coefficient (Wildman–Crippen LogP) is 4.61. The fourth-order valence-corrected chi connectivity index (χ4v) is 4.80. The third-order valence-corrected chi connectivity index (χ3v) is 6.06. The Hall–Kier alpha value is -1.38. The van der Waals surface area contributed by atoms with Crippen molar-refractivity contribution < 1.29 is 0 Å². The molecule has 24 heavy (non-hydrogen) atoms. The summed E-state index contributed by atoms with van der Waals surface area (Å²) in [7, 11) is 0. The number of hydrogen-bond donors (Lipinski definition) is 0. The molecule has 0 amide bonds. The molecule has 0 radical (unpaired) electrons. The van der Waals surface area contributed by atoms with Gasteiger partial charge in [0.1, 0.15) is 0 Å². The second kappa shape index (κ2) is 6.85. The lowest BCUT2D eigenvalue weighted by atomic mass is 9.96. The average molecular weight is 328 g/mol. The lowest BCUT2D eigenvalue weighted by Gasteiger charge is -2.32. The van der Waals surface area contributed by atoms with Crippen molar-refractivity contribution in [3.63, 3.8) is 0 Å². The Morgan fingerprint density at radius 3 is 1.38 bits per heavy atom. The molecule has 1 aromatic carbocycles. The third kappa shape index (κ3) is 2.98. The zero-order valence-electron chi connectivity index (χ0n) is 15.6. The Morgan fingerprint density at radius 2 is 1.00 bits per heavy atom. The van der Waals surface area contributed by atoms with Gasteiger partial charge < -0.3 is 14.7 Å². The first-order chi connectivity index (χ1) is 11.7. The predicted molar refractivity (Wildman–Crippen MR) is 105 cm³/mol.